The molecule has 0 radical (unpaired) electrons. The Morgan fingerprint density at radius 3 is 2.29 bits per heavy atom. The van der Waals surface area contributed by atoms with Gasteiger partial charge >= 0.3 is 0 Å². The lowest BCUT2D eigenvalue weighted by atomic mass is 9.86. The van der Waals surface area contributed by atoms with Crippen molar-refractivity contribution in [1.82, 2.24) is 0 Å². The molecule has 1 rings (SSSR count). The van der Waals surface area contributed by atoms with Gasteiger partial charge in [-0.05, 0) is 30.9 Å². The van der Waals surface area contributed by atoms with E-state index < -0.39 is 0 Å². The van der Waals surface area contributed by atoms with Crippen molar-refractivity contribution in [1.29, 1.82) is 0 Å². The maximum absolute atomic E-state index is 9.34. The Balaban J connectivity index is 3.04. The molecule has 1 N–H and O–H groups in total. The molecule has 0 amide bonds. The molecular weight excluding hydrogens is 172 g/mol. The van der Waals surface area contributed by atoms with Crippen molar-refractivity contribution in [3.05, 3.63) is 34.9 Å². The van der Waals surface area contributed by atoms with Crippen molar-refractivity contribution in [2.75, 3.05) is 6.61 Å². The van der Waals surface area contributed by atoms with Crippen LogP contribution >= 0.6 is 0 Å². The molecule has 1 aromatic rings. The van der Waals surface area contributed by atoms with Gasteiger partial charge in [0.2, 0.25) is 0 Å². The predicted octanol–water partition coefficient (Wildman–Crippen LogP) is 3.04. The quantitative estimate of drug-likeness (QED) is 0.780. The van der Waals surface area contributed by atoms with Crippen molar-refractivity contribution in [3.8, 4) is 0 Å². The van der Waals surface area contributed by atoms with Gasteiger partial charge in [-0.2, -0.15) is 0 Å². The number of rotatable bonds is 3. The molecule has 1 unspecified atom stereocenters. The lowest BCUT2D eigenvalue weighted by molar-refractivity contribution is 0.237. The van der Waals surface area contributed by atoms with Crippen LogP contribution in [0, 0.1) is 19.8 Å². The van der Waals surface area contributed by atoms with E-state index in [4.69, 9.17) is 0 Å². The van der Waals surface area contributed by atoms with Crippen molar-refractivity contribution in [2.45, 2.75) is 33.6 Å². The van der Waals surface area contributed by atoms with E-state index >= 15 is 0 Å². The Morgan fingerprint density at radius 1 is 1.21 bits per heavy atom. The summed E-state index contributed by atoms with van der Waals surface area (Å²) in [6.07, 6.45) is 0. The van der Waals surface area contributed by atoms with Crippen LogP contribution in [0.2, 0.25) is 0 Å². The van der Waals surface area contributed by atoms with E-state index in [1.54, 1.807) is 0 Å². The zero-order valence-corrected chi connectivity index (χ0v) is 9.54. The van der Waals surface area contributed by atoms with Crippen LogP contribution in [-0.4, -0.2) is 11.7 Å². The molecule has 1 atom stereocenters. The second-order valence-electron chi connectivity index (χ2n) is 4.39. The van der Waals surface area contributed by atoms with Crippen LogP contribution in [0.3, 0.4) is 0 Å². The SMILES string of the molecule is Cc1ccc(C(CO)C(C)C)c(C)c1. The van der Waals surface area contributed by atoms with Gasteiger partial charge in [-0.1, -0.05) is 37.6 Å². The second kappa shape index (κ2) is 4.61. The standard InChI is InChI=1S/C13H20O/c1-9(2)13(8-14)12-6-5-10(3)7-11(12)4/h5-7,9,13-14H,8H2,1-4H3. The minimum Gasteiger partial charge on any atom is -0.396 e. The minimum absolute atomic E-state index is 0.238. The third-order valence-electron chi connectivity index (χ3n) is 2.83. The van der Waals surface area contributed by atoms with E-state index in [1.807, 2.05) is 0 Å². The van der Waals surface area contributed by atoms with Crippen molar-refractivity contribution < 1.29 is 5.11 Å². The van der Waals surface area contributed by atoms with Crippen LogP contribution in [0.1, 0.15) is 36.5 Å². The first kappa shape index (κ1) is 11.3. The molecule has 0 saturated heterocycles. The monoisotopic (exact) mass is 192 g/mol. The lowest BCUT2D eigenvalue weighted by Crippen LogP contribution is -2.12. The molecule has 1 heteroatoms. The average molecular weight is 192 g/mol. The highest BCUT2D eigenvalue weighted by molar-refractivity contribution is 5.33. The Labute approximate surface area is 86.8 Å². The van der Waals surface area contributed by atoms with E-state index in [0.29, 0.717) is 5.92 Å². The van der Waals surface area contributed by atoms with E-state index in [2.05, 4.69) is 45.9 Å². The highest BCUT2D eigenvalue weighted by atomic mass is 16.3. The summed E-state index contributed by atoms with van der Waals surface area (Å²) in [5, 5.41) is 9.34. The van der Waals surface area contributed by atoms with Crippen LogP contribution in [0.25, 0.3) is 0 Å². The molecular formula is C13H20O. The molecule has 0 spiro atoms. The molecule has 14 heavy (non-hydrogen) atoms. The van der Waals surface area contributed by atoms with Gasteiger partial charge in [0.1, 0.15) is 0 Å². The molecule has 0 aliphatic rings. The highest BCUT2D eigenvalue weighted by Gasteiger charge is 2.16. The molecule has 0 fully saturated rings. The van der Waals surface area contributed by atoms with Crippen LogP contribution in [0.4, 0.5) is 0 Å². The molecule has 78 valence electrons. The maximum Gasteiger partial charge on any atom is 0.0502 e. The van der Waals surface area contributed by atoms with E-state index in [1.165, 1.54) is 16.7 Å². The van der Waals surface area contributed by atoms with Crippen LogP contribution in [0.5, 0.6) is 0 Å². The topological polar surface area (TPSA) is 20.2 Å². The maximum atomic E-state index is 9.34. The number of aryl methyl sites for hydroxylation is 2. The molecule has 0 bridgehead atoms. The number of aliphatic hydroxyl groups excluding tert-OH is 1. The van der Waals surface area contributed by atoms with Gasteiger partial charge in [-0.25, -0.2) is 0 Å². The van der Waals surface area contributed by atoms with Gasteiger partial charge in [0.05, 0.1) is 6.61 Å². The lowest BCUT2D eigenvalue weighted by Gasteiger charge is -2.21. The van der Waals surface area contributed by atoms with Gasteiger partial charge in [-0.15, -0.1) is 0 Å². The fourth-order valence-corrected chi connectivity index (χ4v) is 1.91. The molecule has 0 aromatic heterocycles. The normalized spacial score (nSPS) is 13.3. The van der Waals surface area contributed by atoms with Crippen molar-refractivity contribution in [3.63, 3.8) is 0 Å². The first-order valence-electron chi connectivity index (χ1n) is 5.24. The first-order valence-corrected chi connectivity index (χ1v) is 5.24. The zero-order chi connectivity index (χ0) is 10.7. The molecule has 0 aliphatic heterocycles. The number of aliphatic hydroxyl groups is 1. The molecule has 0 heterocycles. The summed E-state index contributed by atoms with van der Waals surface area (Å²) in [6.45, 7) is 8.76. The van der Waals surface area contributed by atoms with E-state index in [9.17, 15) is 5.11 Å². The molecule has 0 aliphatic carbocycles. The second-order valence-corrected chi connectivity index (χ2v) is 4.39. The van der Waals surface area contributed by atoms with Gasteiger partial charge in [-0.3, -0.25) is 0 Å². The molecule has 1 nitrogen and oxygen atoms in total. The predicted molar refractivity (Wildman–Crippen MR) is 60.6 cm³/mol. The number of hydrogen-bond acceptors (Lipinski definition) is 1. The smallest absolute Gasteiger partial charge is 0.0502 e. The Kier molecular flexibility index (Phi) is 3.70. The van der Waals surface area contributed by atoms with Gasteiger partial charge in [0.15, 0.2) is 0 Å². The molecule has 1 aromatic carbocycles. The summed E-state index contributed by atoms with van der Waals surface area (Å²) in [6, 6.07) is 6.44. The van der Waals surface area contributed by atoms with Crippen molar-refractivity contribution in [2.24, 2.45) is 5.92 Å². The van der Waals surface area contributed by atoms with Crippen LogP contribution < -0.4 is 0 Å². The Morgan fingerprint density at radius 2 is 1.86 bits per heavy atom. The van der Waals surface area contributed by atoms with Gasteiger partial charge in [0, 0.05) is 5.92 Å². The minimum atomic E-state index is 0.238. The molecule has 0 saturated carbocycles. The summed E-state index contributed by atoms with van der Waals surface area (Å²) in [5.74, 6) is 0.761. The number of hydrogen-bond donors (Lipinski definition) is 1. The van der Waals surface area contributed by atoms with E-state index in [-0.39, 0.29) is 12.5 Å². The number of benzene rings is 1. The fraction of sp³-hybridized carbons (Fsp3) is 0.538. The van der Waals surface area contributed by atoms with Crippen LogP contribution in [0.15, 0.2) is 18.2 Å². The third-order valence-corrected chi connectivity index (χ3v) is 2.83. The van der Waals surface area contributed by atoms with E-state index in [0.717, 1.165) is 0 Å². The highest BCUT2D eigenvalue weighted by Crippen LogP contribution is 2.26. The summed E-state index contributed by atoms with van der Waals surface area (Å²) >= 11 is 0. The van der Waals surface area contributed by atoms with Gasteiger partial charge in [0.25, 0.3) is 0 Å². The summed E-state index contributed by atoms with van der Waals surface area (Å²) in [7, 11) is 0. The van der Waals surface area contributed by atoms with Crippen molar-refractivity contribution >= 4 is 0 Å². The Bertz CT molecular complexity index is 302. The Hall–Kier alpha value is -0.820. The first-order chi connectivity index (χ1) is 6.56. The average Bonchev–Trinajstić information content (AvgIpc) is 2.09. The summed E-state index contributed by atoms with van der Waals surface area (Å²) < 4.78 is 0. The summed E-state index contributed by atoms with van der Waals surface area (Å²) in [4.78, 5) is 0. The van der Waals surface area contributed by atoms with Gasteiger partial charge < -0.3 is 5.11 Å². The third kappa shape index (κ3) is 2.36. The summed E-state index contributed by atoms with van der Waals surface area (Å²) in [5.41, 5.74) is 3.86. The zero-order valence-electron chi connectivity index (χ0n) is 9.54. The fourth-order valence-electron chi connectivity index (χ4n) is 1.91. The van der Waals surface area contributed by atoms with Crippen LogP contribution in [-0.2, 0) is 0 Å². The largest absolute Gasteiger partial charge is 0.396 e.